The normalized spacial score (nSPS) is 24.1. The number of rotatable bonds is 3. The lowest BCUT2D eigenvalue weighted by molar-refractivity contribution is -0.125. The summed E-state index contributed by atoms with van der Waals surface area (Å²) in [6.07, 6.45) is 6.35. The third-order valence-corrected chi connectivity index (χ3v) is 4.44. The van der Waals surface area contributed by atoms with Gasteiger partial charge in [-0.15, -0.1) is 0 Å². The van der Waals surface area contributed by atoms with E-state index in [-0.39, 0.29) is 11.9 Å². The molecule has 1 N–H and O–H groups in total. The van der Waals surface area contributed by atoms with Crippen molar-refractivity contribution in [3.8, 4) is 0 Å². The Balaban J connectivity index is 1.78. The summed E-state index contributed by atoms with van der Waals surface area (Å²) < 4.78 is 5.48. The van der Waals surface area contributed by atoms with Crippen molar-refractivity contribution in [1.29, 1.82) is 0 Å². The lowest BCUT2D eigenvalue weighted by atomic mass is 9.96. The Labute approximate surface area is 119 Å². The second-order valence-corrected chi connectivity index (χ2v) is 5.78. The Morgan fingerprint density at radius 2 is 2.20 bits per heavy atom. The first-order valence-corrected chi connectivity index (χ1v) is 7.77. The average Bonchev–Trinajstić information content (AvgIpc) is 2.78. The molecule has 5 heteroatoms. The molecular formula is C15H23N3O2. The molecule has 0 saturated carbocycles. The van der Waals surface area contributed by atoms with Crippen LogP contribution in [0.2, 0.25) is 0 Å². The summed E-state index contributed by atoms with van der Waals surface area (Å²) in [5.41, 5.74) is 2.35. The van der Waals surface area contributed by atoms with E-state index in [1.807, 2.05) is 0 Å². The molecule has 20 heavy (non-hydrogen) atoms. The van der Waals surface area contributed by atoms with Crippen LogP contribution in [0.1, 0.15) is 49.6 Å². The standard InChI is InChI=1S/C15H23N3O2/c1-2-13-15(19)16-8-5-9-18(13)10-12-11-6-3-4-7-14(11)20-17-12/h13H,2-10H2,1H3,(H,16,19)/t13-/m0/s1. The number of nitrogens with zero attached hydrogens (tertiary/aromatic N) is 2. The Morgan fingerprint density at radius 3 is 3.05 bits per heavy atom. The molecule has 0 bridgehead atoms. The van der Waals surface area contributed by atoms with Gasteiger partial charge in [0.25, 0.3) is 0 Å². The van der Waals surface area contributed by atoms with Crippen LogP contribution < -0.4 is 5.32 Å². The molecule has 1 atom stereocenters. The van der Waals surface area contributed by atoms with E-state index in [4.69, 9.17) is 4.52 Å². The van der Waals surface area contributed by atoms with Crippen molar-refractivity contribution in [3.63, 3.8) is 0 Å². The largest absolute Gasteiger partial charge is 0.361 e. The first-order valence-electron chi connectivity index (χ1n) is 7.77. The molecule has 1 aliphatic heterocycles. The van der Waals surface area contributed by atoms with E-state index in [0.29, 0.717) is 0 Å². The number of carbonyl (C=O) groups is 1. The van der Waals surface area contributed by atoms with Crippen LogP contribution in [-0.4, -0.2) is 35.1 Å². The Bertz CT molecular complexity index is 483. The lowest BCUT2D eigenvalue weighted by Gasteiger charge is -2.26. The minimum absolute atomic E-state index is 0.0339. The first-order chi connectivity index (χ1) is 9.79. The fourth-order valence-electron chi connectivity index (χ4n) is 3.33. The van der Waals surface area contributed by atoms with Crippen molar-refractivity contribution < 1.29 is 9.32 Å². The highest BCUT2D eigenvalue weighted by molar-refractivity contribution is 5.81. The molecule has 2 heterocycles. The zero-order valence-corrected chi connectivity index (χ0v) is 12.2. The summed E-state index contributed by atoms with van der Waals surface area (Å²) in [4.78, 5) is 14.3. The van der Waals surface area contributed by atoms with Gasteiger partial charge in [0.15, 0.2) is 0 Å². The maximum atomic E-state index is 12.1. The minimum atomic E-state index is -0.0339. The van der Waals surface area contributed by atoms with Crippen LogP contribution in [0.15, 0.2) is 4.52 Å². The van der Waals surface area contributed by atoms with Gasteiger partial charge in [-0.05, 0) is 32.1 Å². The highest BCUT2D eigenvalue weighted by atomic mass is 16.5. The van der Waals surface area contributed by atoms with E-state index in [2.05, 4.69) is 22.3 Å². The van der Waals surface area contributed by atoms with E-state index in [0.717, 1.165) is 56.8 Å². The molecule has 1 amide bonds. The molecule has 1 saturated heterocycles. The fraction of sp³-hybridized carbons (Fsp3) is 0.733. The van der Waals surface area contributed by atoms with Gasteiger partial charge in [-0.25, -0.2) is 0 Å². The minimum Gasteiger partial charge on any atom is -0.361 e. The van der Waals surface area contributed by atoms with Crippen LogP contribution in [-0.2, 0) is 24.2 Å². The van der Waals surface area contributed by atoms with Gasteiger partial charge in [0.1, 0.15) is 11.5 Å². The summed E-state index contributed by atoms with van der Waals surface area (Å²) in [5.74, 6) is 1.22. The Morgan fingerprint density at radius 1 is 1.35 bits per heavy atom. The molecule has 0 radical (unpaired) electrons. The van der Waals surface area contributed by atoms with Crippen molar-refractivity contribution in [2.24, 2.45) is 0 Å². The highest BCUT2D eigenvalue weighted by Crippen LogP contribution is 2.26. The quantitative estimate of drug-likeness (QED) is 0.912. The van der Waals surface area contributed by atoms with Crippen molar-refractivity contribution >= 4 is 5.91 Å². The SMILES string of the molecule is CC[C@H]1C(=O)NCCCN1Cc1noc2c1CCCC2. The molecule has 2 aliphatic rings. The maximum absolute atomic E-state index is 12.1. The van der Waals surface area contributed by atoms with E-state index in [1.165, 1.54) is 18.4 Å². The topological polar surface area (TPSA) is 58.4 Å². The van der Waals surface area contributed by atoms with Crippen LogP contribution in [0.4, 0.5) is 0 Å². The summed E-state index contributed by atoms with van der Waals surface area (Å²) in [5, 5.41) is 7.26. The highest BCUT2D eigenvalue weighted by Gasteiger charge is 2.29. The zero-order valence-electron chi connectivity index (χ0n) is 12.2. The predicted molar refractivity (Wildman–Crippen MR) is 75.3 cm³/mol. The number of hydrogen-bond acceptors (Lipinski definition) is 4. The molecule has 1 aromatic rings. The second-order valence-electron chi connectivity index (χ2n) is 5.78. The van der Waals surface area contributed by atoms with Crippen LogP contribution in [0.25, 0.3) is 0 Å². The number of amides is 1. The van der Waals surface area contributed by atoms with Crippen molar-refractivity contribution in [3.05, 3.63) is 17.0 Å². The number of hydrogen-bond donors (Lipinski definition) is 1. The second kappa shape index (κ2) is 5.95. The van der Waals surface area contributed by atoms with E-state index < -0.39 is 0 Å². The van der Waals surface area contributed by atoms with Gasteiger partial charge in [0, 0.05) is 31.6 Å². The monoisotopic (exact) mass is 277 g/mol. The van der Waals surface area contributed by atoms with Gasteiger partial charge in [0.05, 0.1) is 6.04 Å². The molecule has 1 fully saturated rings. The van der Waals surface area contributed by atoms with Crippen LogP contribution in [0, 0.1) is 0 Å². The fourth-order valence-corrected chi connectivity index (χ4v) is 3.33. The molecule has 0 aromatic carbocycles. The summed E-state index contributed by atoms with van der Waals surface area (Å²) in [6, 6.07) is -0.0339. The zero-order chi connectivity index (χ0) is 13.9. The molecule has 1 aromatic heterocycles. The molecule has 0 unspecified atom stereocenters. The van der Waals surface area contributed by atoms with Gasteiger partial charge < -0.3 is 9.84 Å². The number of aromatic nitrogens is 1. The van der Waals surface area contributed by atoms with Crippen LogP contribution >= 0.6 is 0 Å². The van der Waals surface area contributed by atoms with Crippen molar-refractivity contribution in [2.75, 3.05) is 13.1 Å². The van der Waals surface area contributed by atoms with Gasteiger partial charge in [-0.3, -0.25) is 9.69 Å². The third-order valence-electron chi connectivity index (χ3n) is 4.44. The van der Waals surface area contributed by atoms with Gasteiger partial charge in [-0.2, -0.15) is 0 Å². The molecule has 3 rings (SSSR count). The number of fused-ring (bicyclic) bond motifs is 1. The van der Waals surface area contributed by atoms with Gasteiger partial charge in [-0.1, -0.05) is 12.1 Å². The van der Waals surface area contributed by atoms with Gasteiger partial charge >= 0.3 is 0 Å². The van der Waals surface area contributed by atoms with Crippen molar-refractivity contribution in [1.82, 2.24) is 15.4 Å². The third kappa shape index (κ3) is 2.59. The van der Waals surface area contributed by atoms with E-state index in [1.54, 1.807) is 0 Å². The van der Waals surface area contributed by atoms with E-state index in [9.17, 15) is 4.79 Å². The lowest BCUT2D eigenvalue weighted by Crippen LogP contribution is -2.43. The average molecular weight is 277 g/mol. The van der Waals surface area contributed by atoms with Crippen LogP contribution in [0.3, 0.4) is 0 Å². The maximum Gasteiger partial charge on any atom is 0.237 e. The van der Waals surface area contributed by atoms with E-state index >= 15 is 0 Å². The van der Waals surface area contributed by atoms with Gasteiger partial charge in [0.2, 0.25) is 5.91 Å². The Hall–Kier alpha value is -1.36. The molecule has 0 spiro atoms. The molecule has 1 aliphatic carbocycles. The smallest absolute Gasteiger partial charge is 0.237 e. The first kappa shape index (κ1) is 13.6. The summed E-state index contributed by atoms with van der Waals surface area (Å²) in [7, 11) is 0. The molecular weight excluding hydrogens is 254 g/mol. The predicted octanol–water partition coefficient (Wildman–Crippen LogP) is 1.65. The van der Waals surface area contributed by atoms with Crippen LogP contribution in [0.5, 0.6) is 0 Å². The number of nitrogens with one attached hydrogen (secondary N) is 1. The number of aryl methyl sites for hydroxylation is 1. The van der Waals surface area contributed by atoms with Crippen molar-refractivity contribution in [2.45, 2.75) is 58.0 Å². The molecule has 110 valence electrons. The summed E-state index contributed by atoms with van der Waals surface area (Å²) >= 11 is 0. The number of carbonyl (C=O) groups excluding carboxylic acids is 1. The Kier molecular flexibility index (Phi) is 4.05. The summed E-state index contributed by atoms with van der Waals surface area (Å²) in [6.45, 7) is 4.53. The molecule has 5 nitrogen and oxygen atoms in total.